The van der Waals surface area contributed by atoms with E-state index in [9.17, 15) is 19.4 Å². The van der Waals surface area contributed by atoms with E-state index < -0.39 is 20.0 Å². The van der Waals surface area contributed by atoms with Crippen LogP contribution in [0.2, 0.25) is 0 Å². The Balaban J connectivity index is 4.01. The monoisotopic (exact) mass is 1280 g/mol. The summed E-state index contributed by atoms with van der Waals surface area (Å²) in [5.74, 6) is -0.181. The highest BCUT2D eigenvalue weighted by Crippen LogP contribution is 2.43. The molecule has 0 radical (unpaired) electrons. The summed E-state index contributed by atoms with van der Waals surface area (Å²) in [6.07, 6.45) is 102. The summed E-state index contributed by atoms with van der Waals surface area (Å²) in [5.41, 5.74) is 0. The molecule has 0 aromatic carbocycles. The SMILES string of the molecule is CC/C=C\C/C=C\C/C=C\C/C=C\C/C=C\CCCCCCCCCCCCCCCCCCCCCCCC(=O)NC(COP(=O)(O)OCC[N+](C)(C)C)C(O)/C=C/CC/C=C/CCCCCCCCCCCCCCCCCCCCCCCCCCC. The number of aliphatic hydroxyl groups excluding tert-OH is 1. The Bertz CT molecular complexity index is 1750. The largest absolute Gasteiger partial charge is 0.472 e. The summed E-state index contributed by atoms with van der Waals surface area (Å²) in [6, 6.07) is -0.868. The zero-order valence-electron chi connectivity index (χ0n) is 60.4. The summed E-state index contributed by atoms with van der Waals surface area (Å²) in [4.78, 5) is 23.5. The van der Waals surface area contributed by atoms with Gasteiger partial charge in [0.25, 0.3) is 0 Å². The number of rotatable bonds is 72. The fraction of sp³-hybridized carbons (Fsp3) is 0.815. The van der Waals surface area contributed by atoms with Gasteiger partial charge in [0.1, 0.15) is 13.2 Å². The van der Waals surface area contributed by atoms with Crippen molar-refractivity contribution in [1.82, 2.24) is 5.32 Å². The maximum atomic E-state index is 13.1. The molecule has 90 heavy (non-hydrogen) atoms. The fourth-order valence-electron chi connectivity index (χ4n) is 11.6. The number of hydrogen-bond donors (Lipinski definition) is 3. The predicted octanol–water partition coefficient (Wildman–Crippen LogP) is 25.5. The molecule has 0 aliphatic heterocycles. The standard InChI is InChI=1S/C81H151N2O6P/c1-6-8-10-12-14-16-18-20-22-24-26-28-30-32-34-36-38-39-40-41-42-43-45-47-49-51-53-55-57-59-61-63-65-67-69-71-73-75-81(85)82-79(78-89-90(86,87)88-77-76-83(3,4)5)80(84)74-72-70-68-66-64-62-60-58-56-54-52-50-48-46-44-37-35-33-31-29-27-25-23-21-19-17-15-13-11-9-7-2/h8,10,14,16,20,22,26,28,32,34,64,66,72,74,79-80,84H,6-7,9,11-13,15,17-19,21,23-25,27,29-31,33,35-63,65,67-71,73,75-78H2,1-5H3,(H-,82,85,86,87)/p+1/b10-8-,16-14-,22-20-,28-26-,34-32-,66-64+,74-72+. The molecule has 0 saturated carbocycles. The molecule has 8 nitrogen and oxygen atoms in total. The zero-order valence-corrected chi connectivity index (χ0v) is 61.3. The first kappa shape index (κ1) is 87.7. The second-order valence-corrected chi connectivity index (χ2v) is 29.2. The molecule has 526 valence electrons. The molecule has 0 aliphatic rings. The van der Waals surface area contributed by atoms with Crippen molar-refractivity contribution in [2.75, 3.05) is 40.9 Å². The van der Waals surface area contributed by atoms with Crippen molar-refractivity contribution >= 4 is 13.7 Å². The van der Waals surface area contributed by atoms with Gasteiger partial charge in [-0.15, -0.1) is 0 Å². The van der Waals surface area contributed by atoms with Gasteiger partial charge in [0.15, 0.2) is 0 Å². The molecule has 1 amide bonds. The Morgan fingerprint density at radius 1 is 0.389 bits per heavy atom. The molecule has 0 heterocycles. The summed E-state index contributed by atoms with van der Waals surface area (Å²) < 4.78 is 23.9. The van der Waals surface area contributed by atoms with Gasteiger partial charge < -0.3 is 19.8 Å². The molecule has 0 saturated heterocycles. The first-order valence-electron chi connectivity index (χ1n) is 39.0. The number of aliphatic hydroxyl groups is 1. The molecule has 0 aromatic rings. The lowest BCUT2D eigenvalue weighted by atomic mass is 10.0. The highest BCUT2D eigenvalue weighted by molar-refractivity contribution is 7.47. The van der Waals surface area contributed by atoms with Crippen LogP contribution in [0.5, 0.6) is 0 Å². The van der Waals surface area contributed by atoms with Crippen LogP contribution in [0.15, 0.2) is 85.1 Å². The van der Waals surface area contributed by atoms with Crippen molar-refractivity contribution in [3.05, 3.63) is 85.1 Å². The smallest absolute Gasteiger partial charge is 0.387 e. The van der Waals surface area contributed by atoms with E-state index in [-0.39, 0.29) is 19.1 Å². The second-order valence-electron chi connectivity index (χ2n) is 27.7. The molecule has 0 aliphatic carbocycles. The Kier molecular flexibility index (Phi) is 69.2. The van der Waals surface area contributed by atoms with Crippen molar-refractivity contribution in [2.24, 2.45) is 0 Å². The third kappa shape index (κ3) is 73.1. The van der Waals surface area contributed by atoms with Crippen LogP contribution in [-0.2, 0) is 18.4 Å². The van der Waals surface area contributed by atoms with Gasteiger partial charge in [-0.3, -0.25) is 13.8 Å². The third-order valence-corrected chi connectivity index (χ3v) is 18.6. The first-order valence-corrected chi connectivity index (χ1v) is 40.5. The third-order valence-electron chi connectivity index (χ3n) is 17.6. The highest BCUT2D eigenvalue weighted by atomic mass is 31.2. The lowest BCUT2D eigenvalue weighted by Crippen LogP contribution is -2.45. The summed E-state index contributed by atoms with van der Waals surface area (Å²) >= 11 is 0. The summed E-state index contributed by atoms with van der Waals surface area (Å²) in [5, 5.41) is 14.0. The number of carbonyl (C=O) groups excluding carboxylic acids is 1. The molecule has 3 N–H and O–H groups in total. The number of phosphoric ester groups is 1. The van der Waals surface area contributed by atoms with E-state index in [1.54, 1.807) is 6.08 Å². The van der Waals surface area contributed by atoms with Crippen LogP contribution in [-0.4, -0.2) is 73.4 Å². The van der Waals surface area contributed by atoms with Gasteiger partial charge in [-0.2, -0.15) is 0 Å². The molecule has 0 rings (SSSR count). The van der Waals surface area contributed by atoms with Crippen LogP contribution in [0.3, 0.4) is 0 Å². The van der Waals surface area contributed by atoms with Gasteiger partial charge in [0.2, 0.25) is 5.91 Å². The first-order chi connectivity index (χ1) is 44.0. The average molecular weight is 1280 g/mol. The lowest BCUT2D eigenvalue weighted by molar-refractivity contribution is -0.870. The maximum Gasteiger partial charge on any atom is 0.472 e. The van der Waals surface area contributed by atoms with Crippen molar-refractivity contribution in [3.8, 4) is 0 Å². The Hall–Kier alpha value is -2.32. The molecular formula is C81H152N2O6P+. The maximum absolute atomic E-state index is 13.1. The van der Waals surface area contributed by atoms with Crippen LogP contribution in [0.25, 0.3) is 0 Å². The Morgan fingerprint density at radius 3 is 1.02 bits per heavy atom. The van der Waals surface area contributed by atoms with Gasteiger partial charge in [-0.1, -0.05) is 375 Å². The molecule has 0 fully saturated rings. The van der Waals surface area contributed by atoms with E-state index in [2.05, 4.69) is 92.1 Å². The highest BCUT2D eigenvalue weighted by Gasteiger charge is 2.28. The van der Waals surface area contributed by atoms with Crippen LogP contribution in [0.4, 0.5) is 0 Å². The molecule has 0 aromatic heterocycles. The minimum atomic E-state index is -4.37. The molecule has 0 bridgehead atoms. The van der Waals surface area contributed by atoms with E-state index in [0.717, 1.165) is 70.6 Å². The average Bonchev–Trinajstić information content (AvgIpc) is 3.18. The second kappa shape index (κ2) is 71.0. The number of allylic oxidation sites excluding steroid dienone is 13. The number of hydrogen-bond acceptors (Lipinski definition) is 5. The number of quaternary nitrogens is 1. The van der Waals surface area contributed by atoms with Crippen molar-refractivity contribution in [3.63, 3.8) is 0 Å². The van der Waals surface area contributed by atoms with Gasteiger partial charge in [0, 0.05) is 6.42 Å². The number of likely N-dealkylation sites (N-methyl/N-ethyl adjacent to an activating group) is 1. The summed E-state index contributed by atoms with van der Waals surface area (Å²) in [7, 11) is 1.57. The van der Waals surface area contributed by atoms with Crippen LogP contribution < -0.4 is 5.32 Å². The molecular weight excluding hydrogens is 1130 g/mol. The van der Waals surface area contributed by atoms with Gasteiger partial charge >= 0.3 is 7.82 Å². The number of phosphoric acid groups is 1. The van der Waals surface area contributed by atoms with Gasteiger partial charge in [-0.05, 0) is 77.0 Å². The fourth-order valence-corrected chi connectivity index (χ4v) is 12.4. The van der Waals surface area contributed by atoms with E-state index in [1.807, 2.05) is 27.2 Å². The Morgan fingerprint density at radius 2 is 0.678 bits per heavy atom. The van der Waals surface area contributed by atoms with E-state index in [0.29, 0.717) is 17.4 Å². The number of amides is 1. The van der Waals surface area contributed by atoms with E-state index >= 15 is 0 Å². The predicted molar refractivity (Wildman–Crippen MR) is 396 cm³/mol. The lowest BCUT2D eigenvalue weighted by Gasteiger charge is -2.25. The topological polar surface area (TPSA) is 105 Å². The number of carbonyl (C=O) groups is 1. The molecule has 3 atom stereocenters. The Labute approximate surface area is 560 Å². The number of nitrogens with zero attached hydrogens (tertiary/aromatic N) is 1. The normalized spacial score (nSPS) is 14.0. The summed E-state index contributed by atoms with van der Waals surface area (Å²) in [6.45, 7) is 4.73. The van der Waals surface area contributed by atoms with Crippen molar-refractivity contribution in [1.29, 1.82) is 0 Å². The van der Waals surface area contributed by atoms with Crippen molar-refractivity contribution in [2.45, 2.75) is 386 Å². The van der Waals surface area contributed by atoms with Gasteiger partial charge in [-0.25, -0.2) is 4.57 Å². The molecule has 9 heteroatoms. The van der Waals surface area contributed by atoms with Crippen LogP contribution >= 0.6 is 7.82 Å². The van der Waals surface area contributed by atoms with E-state index in [1.165, 1.54) is 283 Å². The number of unbranched alkanes of at least 4 members (excludes halogenated alkanes) is 47. The minimum Gasteiger partial charge on any atom is -0.387 e. The molecule has 3 unspecified atom stereocenters. The van der Waals surface area contributed by atoms with Gasteiger partial charge in [0.05, 0.1) is 39.9 Å². The van der Waals surface area contributed by atoms with Crippen LogP contribution in [0.1, 0.15) is 373 Å². The molecule has 0 spiro atoms. The van der Waals surface area contributed by atoms with E-state index in [4.69, 9.17) is 9.05 Å². The zero-order chi connectivity index (χ0) is 65.5. The minimum absolute atomic E-state index is 0.0558. The van der Waals surface area contributed by atoms with Crippen molar-refractivity contribution < 1.29 is 32.9 Å². The quantitative estimate of drug-likeness (QED) is 0.0243. The number of nitrogens with one attached hydrogen (secondary N) is 1. The van der Waals surface area contributed by atoms with Crippen LogP contribution in [0, 0.1) is 0 Å².